The molecule has 2 heterocycles. The summed E-state index contributed by atoms with van der Waals surface area (Å²) in [5.41, 5.74) is 2.36. The van der Waals surface area contributed by atoms with Gasteiger partial charge >= 0.3 is 0 Å². The van der Waals surface area contributed by atoms with Gasteiger partial charge in [0.05, 0.1) is 12.1 Å². The molecule has 7 heteroatoms. The molecule has 4 rings (SSSR count). The summed E-state index contributed by atoms with van der Waals surface area (Å²) in [5, 5.41) is 11.8. The van der Waals surface area contributed by atoms with E-state index in [0.29, 0.717) is 5.69 Å². The summed E-state index contributed by atoms with van der Waals surface area (Å²) >= 11 is 6.01. The molecule has 0 spiro atoms. The Morgan fingerprint density at radius 3 is 2.57 bits per heavy atom. The van der Waals surface area contributed by atoms with Crippen molar-refractivity contribution in [3.8, 4) is 11.3 Å². The minimum Gasteiger partial charge on any atom is -0.355 e. The van der Waals surface area contributed by atoms with E-state index < -0.39 is 5.82 Å². The number of benzene rings is 2. The second kappa shape index (κ2) is 9.22. The Hall–Kier alpha value is -2.99. The lowest BCUT2D eigenvalue weighted by Crippen LogP contribution is -2.30. The second-order valence-electron chi connectivity index (χ2n) is 7.33. The third-order valence-electron chi connectivity index (χ3n) is 5.17. The van der Waals surface area contributed by atoms with Crippen LogP contribution >= 0.6 is 11.6 Å². The van der Waals surface area contributed by atoms with Gasteiger partial charge in [-0.15, -0.1) is 10.2 Å². The van der Waals surface area contributed by atoms with Crippen molar-refractivity contribution in [2.24, 2.45) is 0 Å². The average Bonchev–Trinajstić information content (AvgIpc) is 2.77. The van der Waals surface area contributed by atoms with Crippen LogP contribution < -0.4 is 10.2 Å². The predicted octanol–water partition coefficient (Wildman–Crippen LogP) is 5.11. The fraction of sp³-hybridized carbons (Fsp3) is 0.261. The molecule has 30 heavy (non-hydrogen) atoms. The van der Waals surface area contributed by atoms with E-state index in [1.807, 2.05) is 30.3 Å². The van der Waals surface area contributed by atoms with Crippen LogP contribution in [0.15, 0.2) is 54.6 Å². The maximum Gasteiger partial charge on any atom is 0.228 e. The molecule has 1 aliphatic heterocycles. The summed E-state index contributed by atoms with van der Waals surface area (Å²) < 4.78 is 13.9. The zero-order valence-electron chi connectivity index (χ0n) is 16.4. The molecule has 0 aliphatic carbocycles. The van der Waals surface area contributed by atoms with Crippen LogP contribution in [0.25, 0.3) is 11.3 Å². The van der Waals surface area contributed by atoms with Gasteiger partial charge in [-0.1, -0.05) is 29.8 Å². The Balaban J connectivity index is 1.45. The van der Waals surface area contributed by atoms with Gasteiger partial charge in [-0.25, -0.2) is 4.39 Å². The molecule has 5 nitrogen and oxygen atoms in total. The number of carbonyl (C=O) groups is 1. The van der Waals surface area contributed by atoms with Crippen molar-refractivity contribution in [1.29, 1.82) is 0 Å². The number of amides is 1. The van der Waals surface area contributed by atoms with Gasteiger partial charge in [0, 0.05) is 34.9 Å². The van der Waals surface area contributed by atoms with Crippen LogP contribution in [-0.4, -0.2) is 29.2 Å². The second-order valence-corrected chi connectivity index (χ2v) is 7.74. The summed E-state index contributed by atoms with van der Waals surface area (Å²) in [4.78, 5) is 14.6. The first-order valence-corrected chi connectivity index (χ1v) is 10.4. The van der Waals surface area contributed by atoms with Gasteiger partial charge in [0.25, 0.3) is 0 Å². The number of nitrogens with one attached hydrogen (secondary N) is 1. The molecule has 3 aromatic rings. The number of hydrogen-bond acceptors (Lipinski definition) is 4. The number of halogens is 2. The van der Waals surface area contributed by atoms with Gasteiger partial charge in [0.15, 0.2) is 5.82 Å². The number of aromatic nitrogens is 2. The summed E-state index contributed by atoms with van der Waals surface area (Å²) in [6, 6.07) is 15.7. The fourth-order valence-electron chi connectivity index (χ4n) is 3.59. The number of anilines is 2. The van der Waals surface area contributed by atoms with Crippen molar-refractivity contribution in [1.82, 2.24) is 10.2 Å². The number of rotatable bonds is 5. The highest BCUT2D eigenvalue weighted by Gasteiger charge is 2.14. The number of nitrogens with zero attached hydrogens (tertiary/aromatic N) is 3. The topological polar surface area (TPSA) is 58.1 Å². The summed E-state index contributed by atoms with van der Waals surface area (Å²) in [7, 11) is 0. The van der Waals surface area contributed by atoms with Gasteiger partial charge < -0.3 is 10.2 Å². The molecular weight excluding hydrogens is 403 g/mol. The third kappa shape index (κ3) is 4.76. The monoisotopic (exact) mass is 424 g/mol. The van der Waals surface area contributed by atoms with Crippen molar-refractivity contribution in [3.63, 3.8) is 0 Å². The molecule has 0 unspecified atom stereocenters. The van der Waals surface area contributed by atoms with Crippen LogP contribution in [0.5, 0.6) is 0 Å². The molecule has 1 aromatic heterocycles. The van der Waals surface area contributed by atoms with E-state index in [1.54, 1.807) is 12.1 Å². The Morgan fingerprint density at radius 2 is 1.83 bits per heavy atom. The molecule has 154 valence electrons. The van der Waals surface area contributed by atoms with E-state index in [4.69, 9.17) is 11.6 Å². The Bertz CT molecular complexity index is 1020. The maximum atomic E-state index is 13.9. The molecule has 1 amide bonds. The first-order chi connectivity index (χ1) is 14.6. The quantitative estimate of drug-likeness (QED) is 0.618. The largest absolute Gasteiger partial charge is 0.355 e. The van der Waals surface area contributed by atoms with Gasteiger partial charge in [-0.3, -0.25) is 4.79 Å². The number of piperidine rings is 1. The van der Waals surface area contributed by atoms with Crippen molar-refractivity contribution >= 4 is 29.0 Å². The molecule has 1 N–H and O–H groups in total. The molecule has 1 fully saturated rings. The standard InChI is InChI=1S/C23H22ClFN4O/c24-19-8-5-9-20(25)18(19)15-23(30)26-17-7-4-6-16(14-17)21-10-11-22(28-27-21)29-12-2-1-3-13-29/h4-11,14H,1-3,12-13,15H2,(H,26,30). The first-order valence-electron chi connectivity index (χ1n) is 10.0. The minimum absolute atomic E-state index is 0.139. The lowest BCUT2D eigenvalue weighted by Gasteiger charge is -2.27. The molecule has 0 saturated carbocycles. The van der Waals surface area contributed by atoms with Crippen molar-refractivity contribution in [2.75, 3.05) is 23.3 Å². The Labute approximate surface area is 179 Å². The van der Waals surface area contributed by atoms with Crippen LogP contribution in [0, 0.1) is 5.82 Å². The lowest BCUT2D eigenvalue weighted by atomic mass is 10.1. The van der Waals surface area contributed by atoms with E-state index in [1.165, 1.54) is 31.4 Å². The van der Waals surface area contributed by atoms with Crippen LogP contribution in [0.3, 0.4) is 0 Å². The van der Waals surface area contributed by atoms with Crippen LogP contribution in [0.1, 0.15) is 24.8 Å². The lowest BCUT2D eigenvalue weighted by molar-refractivity contribution is -0.115. The molecule has 0 atom stereocenters. The van der Waals surface area contributed by atoms with Crippen molar-refractivity contribution < 1.29 is 9.18 Å². The maximum absolute atomic E-state index is 13.9. The minimum atomic E-state index is -0.490. The zero-order chi connectivity index (χ0) is 20.9. The van der Waals surface area contributed by atoms with E-state index in [2.05, 4.69) is 20.4 Å². The molecule has 1 saturated heterocycles. The summed E-state index contributed by atoms with van der Waals surface area (Å²) in [5.74, 6) is 0.0609. The van der Waals surface area contributed by atoms with Crippen LogP contribution in [0.4, 0.5) is 15.9 Å². The molecule has 0 radical (unpaired) electrons. The SMILES string of the molecule is O=C(Cc1c(F)cccc1Cl)Nc1cccc(-c2ccc(N3CCCCC3)nn2)c1. The van der Waals surface area contributed by atoms with E-state index in [9.17, 15) is 9.18 Å². The first kappa shape index (κ1) is 20.3. The smallest absolute Gasteiger partial charge is 0.228 e. The van der Waals surface area contributed by atoms with Crippen LogP contribution in [0.2, 0.25) is 5.02 Å². The summed E-state index contributed by atoms with van der Waals surface area (Å²) in [6.45, 7) is 2.03. The van der Waals surface area contributed by atoms with Gasteiger partial charge in [0.2, 0.25) is 5.91 Å². The Morgan fingerprint density at radius 1 is 1.03 bits per heavy atom. The van der Waals surface area contributed by atoms with E-state index in [0.717, 1.165) is 30.2 Å². The molecule has 1 aliphatic rings. The van der Waals surface area contributed by atoms with Crippen molar-refractivity contribution in [2.45, 2.75) is 25.7 Å². The predicted molar refractivity (Wildman–Crippen MR) is 117 cm³/mol. The van der Waals surface area contributed by atoms with Gasteiger partial charge in [-0.2, -0.15) is 0 Å². The normalized spacial score (nSPS) is 13.9. The van der Waals surface area contributed by atoms with Crippen molar-refractivity contribution in [3.05, 3.63) is 71.0 Å². The summed E-state index contributed by atoms with van der Waals surface area (Å²) in [6.07, 6.45) is 3.50. The fourth-order valence-corrected chi connectivity index (χ4v) is 3.82. The highest BCUT2D eigenvalue weighted by atomic mass is 35.5. The highest BCUT2D eigenvalue weighted by Crippen LogP contribution is 2.24. The number of carbonyl (C=O) groups excluding carboxylic acids is 1. The van der Waals surface area contributed by atoms with E-state index >= 15 is 0 Å². The van der Waals surface area contributed by atoms with E-state index in [-0.39, 0.29) is 22.9 Å². The molecule has 0 bridgehead atoms. The number of hydrogen-bond donors (Lipinski definition) is 1. The highest BCUT2D eigenvalue weighted by molar-refractivity contribution is 6.31. The van der Waals surface area contributed by atoms with Gasteiger partial charge in [0.1, 0.15) is 5.82 Å². The van der Waals surface area contributed by atoms with Gasteiger partial charge in [-0.05, 0) is 55.7 Å². The molecular formula is C23H22ClFN4O. The Kier molecular flexibility index (Phi) is 6.23. The molecule has 2 aromatic carbocycles. The van der Waals surface area contributed by atoms with Crippen LogP contribution in [-0.2, 0) is 11.2 Å². The average molecular weight is 425 g/mol. The third-order valence-corrected chi connectivity index (χ3v) is 5.53. The zero-order valence-corrected chi connectivity index (χ0v) is 17.2.